The summed E-state index contributed by atoms with van der Waals surface area (Å²) < 4.78 is 5.34. The number of benzene rings is 1. The molecule has 4 nitrogen and oxygen atoms in total. The van der Waals surface area contributed by atoms with Gasteiger partial charge in [-0.05, 0) is 44.9 Å². The van der Waals surface area contributed by atoms with Crippen LogP contribution in [0.2, 0.25) is 5.02 Å². The number of nitrogens with zero attached hydrogens (tertiary/aromatic N) is 1. The monoisotopic (exact) mass is 311 g/mol. The van der Waals surface area contributed by atoms with Crippen LogP contribution in [0.25, 0.3) is 0 Å². The van der Waals surface area contributed by atoms with Crippen molar-refractivity contribution in [2.75, 3.05) is 13.1 Å². The number of carbonyl (C=O) groups is 1. The van der Waals surface area contributed by atoms with Gasteiger partial charge in [-0.15, -0.1) is 0 Å². The summed E-state index contributed by atoms with van der Waals surface area (Å²) in [4.78, 5) is 13.6. The Bertz CT molecular complexity index is 526. The number of likely N-dealkylation sites (tertiary alicyclic amines) is 1. The molecule has 21 heavy (non-hydrogen) atoms. The first-order valence-corrected chi connectivity index (χ1v) is 7.49. The Labute approximate surface area is 130 Å². The van der Waals surface area contributed by atoms with Gasteiger partial charge in [0.1, 0.15) is 5.60 Å². The largest absolute Gasteiger partial charge is 0.444 e. The van der Waals surface area contributed by atoms with Crippen LogP contribution in [0.15, 0.2) is 24.3 Å². The van der Waals surface area contributed by atoms with E-state index in [2.05, 4.69) is 0 Å². The van der Waals surface area contributed by atoms with Crippen LogP contribution in [0.1, 0.15) is 32.8 Å². The second kappa shape index (κ2) is 5.85. The number of rotatable bonds is 2. The Morgan fingerprint density at radius 2 is 2.19 bits per heavy atom. The minimum Gasteiger partial charge on any atom is -0.444 e. The van der Waals surface area contributed by atoms with Crippen LogP contribution in [0.5, 0.6) is 0 Å². The van der Waals surface area contributed by atoms with Crippen LogP contribution in [-0.2, 0) is 11.2 Å². The Balaban J connectivity index is 1.98. The van der Waals surface area contributed by atoms with E-state index in [9.17, 15) is 9.90 Å². The summed E-state index contributed by atoms with van der Waals surface area (Å²) in [6.45, 7) is 6.29. The average molecular weight is 312 g/mol. The third kappa shape index (κ3) is 4.61. The highest BCUT2D eigenvalue weighted by Gasteiger charge is 2.39. The van der Waals surface area contributed by atoms with E-state index in [1.54, 1.807) is 11.0 Å². The maximum absolute atomic E-state index is 12.0. The molecule has 1 aliphatic rings. The molecule has 0 unspecified atom stereocenters. The number of hydrogen-bond donors (Lipinski definition) is 1. The van der Waals surface area contributed by atoms with Gasteiger partial charge in [-0.2, -0.15) is 0 Å². The highest BCUT2D eigenvalue weighted by Crippen LogP contribution is 2.27. The van der Waals surface area contributed by atoms with E-state index >= 15 is 0 Å². The molecule has 1 N–H and O–H groups in total. The zero-order chi connectivity index (χ0) is 15.7. The SMILES string of the molecule is CC(C)(C)OC(=O)N1CC[C@@](O)(Cc2cccc(Cl)c2)C1. The average Bonchev–Trinajstić information content (AvgIpc) is 2.69. The number of amides is 1. The van der Waals surface area contributed by atoms with Crippen molar-refractivity contribution in [3.05, 3.63) is 34.9 Å². The lowest BCUT2D eigenvalue weighted by molar-refractivity contribution is 0.0153. The second-order valence-electron chi connectivity index (χ2n) is 6.68. The van der Waals surface area contributed by atoms with E-state index < -0.39 is 11.2 Å². The summed E-state index contributed by atoms with van der Waals surface area (Å²) in [6.07, 6.45) is 0.649. The first-order valence-electron chi connectivity index (χ1n) is 7.12. The number of aliphatic hydroxyl groups is 1. The molecule has 1 heterocycles. The maximum atomic E-state index is 12.0. The first kappa shape index (κ1) is 16.1. The predicted octanol–water partition coefficient (Wildman–Crippen LogP) is 3.25. The van der Waals surface area contributed by atoms with Crippen LogP contribution in [-0.4, -0.2) is 40.4 Å². The van der Waals surface area contributed by atoms with Gasteiger partial charge < -0.3 is 14.7 Å². The van der Waals surface area contributed by atoms with Crippen molar-refractivity contribution in [2.24, 2.45) is 0 Å². The van der Waals surface area contributed by atoms with Gasteiger partial charge in [-0.3, -0.25) is 0 Å². The molecule has 1 aromatic carbocycles. The predicted molar refractivity (Wildman–Crippen MR) is 82.5 cm³/mol. The Morgan fingerprint density at radius 3 is 2.81 bits per heavy atom. The van der Waals surface area contributed by atoms with E-state index in [4.69, 9.17) is 16.3 Å². The zero-order valence-electron chi connectivity index (χ0n) is 12.7. The van der Waals surface area contributed by atoms with Crippen molar-refractivity contribution in [1.82, 2.24) is 4.90 Å². The van der Waals surface area contributed by atoms with E-state index in [1.807, 2.05) is 39.0 Å². The fourth-order valence-electron chi connectivity index (χ4n) is 2.51. The summed E-state index contributed by atoms with van der Waals surface area (Å²) in [5.41, 5.74) is -0.470. The van der Waals surface area contributed by atoms with Gasteiger partial charge in [0.2, 0.25) is 0 Å². The highest BCUT2D eigenvalue weighted by atomic mass is 35.5. The number of carbonyl (C=O) groups excluding carboxylic acids is 1. The van der Waals surface area contributed by atoms with Gasteiger partial charge in [-0.1, -0.05) is 23.7 Å². The molecule has 2 rings (SSSR count). The van der Waals surface area contributed by atoms with Gasteiger partial charge in [0.25, 0.3) is 0 Å². The van der Waals surface area contributed by atoms with Crippen LogP contribution in [0.4, 0.5) is 4.79 Å². The summed E-state index contributed by atoms with van der Waals surface area (Å²) in [5, 5.41) is 11.3. The van der Waals surface area contributed by atoms with Crippen LogP contribution < -0.4 is 0 Å². The van der Waals surface area contributed by atoms with Crippen molar-refractivity contribution in [3.8, 4) is 0 Å². The molecular weight excluding hydrogens is 290 g/mol. The van der Waals surface area contributed by atoms with E-state index in [-0.39, 0.29) is 12.6 Å². The molecule has 0 aromatic heterocycles. The van der Waals surface area contributed by atoms with Crippen LogP contribution in [0, 0.1) is 0 Å². The summed E-state index contributed by atoms with van der Waals surface area (Å²) in [6, 6.07) is 7.44. The molecule has 5 heteroatoms. The third-order valence-corrected chi connectivity index (χ3v) is 3.64. The van der Waals surface area contributed by atoms with Gasteiger partial charge in [0.15, 0.2) is 0 Å². The molecule has 1 saturated heterocycles. The van der Waals surface area contributed by atoms with Crippen molar-refractivity contribution >= 4 is 17.7 Å². The molecule has 1 amide bonds. The fourth-order valence-corrected chi connectivity index (χ4v) is 2.72. The molecule has 1 fully saturated rings. The Morgan fingerprint density at radius 1 is 1.48 bits per heavy atom. The standard InChI is InChI=1S/C16H22ClNO3/c1-15(2,3)21-14(19)18-8-7-16(20,11-18)10-12-5-4-6-13(17)9-12/h4-6,9,20H,7-8,10-11H2,1-3H3/t16-/m1/s1. The van der Waals surface area contributed by atoms with Crippen molar-refractivity contribution in [3.63, 3.8) is 0 Å². The Kier molecular flexibility index (Phi) is 4.49. The van der Waals surface area contributed by atoms with Crippen molar-refractivity contribution in [2.45, 2.75) is 44.8 Å². The molecule has 0 bridgehead atoms. The minimum atomic E-state index is -0.915. The topological polar surface area (TPSA) is 49.8 Å². The molecule has 0 radical (unpaired) electrons. The fraction of sp³-hybridized carbons (Fsp3) is 0.562. The molecule has 1 aromatic rings. The Hall–Kier alpha value is -1.26. The molecule has 116 valence electrons. The smallest absolute Gasteiger partial charge is 0.410 e. The van der Waals surface area contributed by atoms with E-state index in [1.165, 1.54) is 0 Å². The highest BCUT2D eigenvalue weighted by molar-refractivity contribution is 6.30. The number of halogens is 1. The van der Waals surface area contributed by atoms with Crippen molar-refractivity contribution < 1.29 is 14.6 Å². The van der Waals surface area contributed by atoms with Gasteiger partial charge in [-0.25, -0.2) is 4.79 Å². The quantitative estimate of drug-likeness (QED) is 0.912. The lowest BCUT2D eigenvalue weighted by atomic mass is 9.94. The number of β-amino-alcohol motifs (C(OH)–C–C–N with tert-alkyl or cyclic N) is 1. The van der Waals surface area contributed by atoms with E-state index in [0.717, 1.165) is 5.56 Å². The van der Waals surface area contributed by atoms with Gasteiger partial charge in [0, 0.05) is 18.0 Å². The molecule has 0 saturated carbocycles. The molecule has 1 aliphatic heterocycles. The number of ether oxygens (including phenoxy) is 1. The van der Waals surface area contributed by atoms with Crippen molar-refractivity contribution in [1.29, 1.82) is 0 Å². The minimum absolute atomic E-state index is 0.286. The lowest BCUT2D eigenvalue weighted by Gasteiger charge is -2.26. The maximum Gasteiger partial charge on any atom is 0.410 e. The summed E-state index contributed by atoms with van der Waals surface area (Å²) >= 11 is 5.96. The lowest BCUT2D eigenvalue weighted by Crippen LogP contribution is -2.40. The molecular formula is C16H22ClNO3. The molecule has 0 aliphatic carbocycles. The van der Waals surface area contributed by atoms with Gasteiger partial charge >= 0.3 is 6.09 Å². The number of hydrogen-bond acceptors (Lipinski definition) is 3. The summed E-state index contributed by atoms with van der Waals surface area (Å²) in [7, 11) is 0. The second-order valence-corrected chi connectivity index (χ2v) is 7.12. The van der Waals surface area contributed by atoms with Gasteiger partial charge in [0.05, 0.1) is 12.1 Å². The van der Waals surface area contributed by atoms with E-state index in [0.29, 0.717) is 24.4 Å². The first-order chi connectivity index (χ1) is 9.67. The molecule has 0 spiro atoms. The van der Waals surface area contributed by atoms with Crippen LogP contribution >= 0.6 is 11.6 Å². The zero-order valence-corrected chi connectivity index (χ0v) is 13.5. The normalized spacial score (nSPS) is 22.4. The third-order valence-electron chi connectivity index (χ3n) is 3.41. The summed E-state index contributed by atoms with van der Waals surface area (Å²) in [5.74, 6) is 0. The van der Waals surface area contributed by atoms with Crippen LogP contribution in [0.3, 0.4) is 0 Å². The molecule has 1 atom stereocenters.